The van der Waals surface area contributed by atoms with Crippen LogP contribution in [0.5, 0.6) is 11.5 Å². The molecule has 1 amide bonds. The van der Waals surface area contributed by atoms with Crippen LogP contribution >= 0.6 is 0 Å². The van der Waals surface area contributed by atoms with Gasteiger partial charge in [0.25, 0.3) is 5.91 Å². The number of amides is 1. The van der Waals surface area contributed by atoms with Crippen LogP contribution in [0.3, 0.4) is 0 Å². The number of anilines is 1. The second kappa shape index (κ2) is 8.20. The molecule has 126 valence electrons. The molecule has 1 atom stereocenters. The Balaban J connectivity index is 2.01. The van der Waals surface area contributed by atoms with Gasteiger partial charge in [0.15, 0.2) is 6.10 Å². The summed E-state index contributed by atoms with van der Waals surface area (Å²) in [6, 6.07) is 13.2. The van der Waals surface area contributed by atoms with Crippen molar-refractivity contribution in [2.24, 2.45) is 0 Å². The molecule has 0 heterocycles. The van der Waals surface area contributed by atoms with Crippen molar-refractivity contribution >= 4 is 11.6 Å². The zero-order valence-corrected chi connectivity index (χ0v) is 14.3. The summed E-state index contributed by atoms with van der Waals surface area (Å²) in [5.74, 6) is 1.19. The molecule has 0 radical (unpaired) electrons. The Labute approximate surface area is 143 Å². The minimum atomic E-state index is -0.608. The van der Waals surface area contributed by atoms with Gasteiger partial charge in [-0.2, -0.15) is 0 Å². The number of carbonyl (C=O) groups excluding carboxylic acids is 1. The maximum atomic E-state index is 12.3. The van der Waals surface area contributed by atoms with Gasteiger partial charge >= 0.3 is 0 Å². The van der Waals surface area contributed by atoms with E-state index >= 15 is 0 Å². The highest BCUT2D eigenvalue weighted by Gasteiger charge is 2.16. The van der Waals surface area contributed by atoms with Gasteiger partial charge in [0, 0.05) is 11.8 Å². The third-order valence-electron chi connectivity index (χ3n) is 3.49. The van der Waals surface area contributed by atoms with Gasteiger partial charge in [-0.15, -0.1) is 0 Å². The quantitative estimate of drug-likeness (QED) is 0.773. The normalized spacial score (nSPS) is 11.5. The largest absolute Gasteiger partial charge is 0.489 e. The molecule has 1 unspecified atom stereocenters. The summed E-state index contributed by atoms with van der Waals surface area (Å²) in [4.78, 5) is 12.3. The molecular weight excluding hydrogens is 302 g/mol. The molecule has 0 spiro atoms. The number of ether oxygens (including phenoxy) is 2. The minimum Gasteiger partial charge on any atom is -0.489 e. The van der Waals surface area contributed by atoms with E-state index in [0.29, 0.717) is 18.0 Å². The van der Waals surface area contributed by atoms with E-state index in [1.54, 1.807) is 19.1 Å². The molecule has 4 nitrogen and oxygen atoms in total. The number of rotatable bonds is 7. The Morgan fingerprint density at radius 1 is 1.25 bits per heavy atom. The van der Waals surface area contributed by atoms with Gasteiger partial charge in [-0.1, -0.05) is 30.9 Å². The molecule has 2 aromatic carbocycles. The van der Waals surface area contributed by atoms with Gasteiger partial charge in [0.1, 0.15) is 18.1 Å². The molecule has 0 aliphatic carbocycles. The third kappa shape index (κ3) is 4.88. The maximum Gasteiger partial charge on any atom is 0.265 e. The number of aryl methyl sites for hydroxylation is 2. The second-order valence-corrected chi connectivity index (χ2v) is 5.65. The van der Waals surface area contributed by atoms with Gasteiger partial charge in [0.2, 0.25) is 0 Å². The molecule has 0 fully saturated rings. The molecule has 0 bridgehead atoms. The van der Waals surface area contributed by atoms with E-state index < -0.39 is 6.10 Å². The van der Waals surface area contributed by atoms with Crippen LogP contribution in [0.25, 0.3) is 0 Å². The van der Waals surface area contributed by atoms with Crippen LogP contribution in [0.4, 0.5) is 5.69 Å². The molecular formula is C20H23NO3. The first kappa shape index (κ1) is 17.6. The van der Waals surface area contributed by atoms with Crippen molar-refractivity contribution in [1.82, 2.24) is 0 Å². The van der Waals surface area contributed by atoms with Gasteiger partial charge in [-0.25, -0.2) is 0 Å². The first-order valence-electron chi connectivity index (χ1n) is 7.88. The number of nitrogens with one attached hydrogen (secondary N) is 1. The predicted octanol–water partition coefficient (Wildman–Crippen LogP) is 4.27. The first-order chi connectivity index (χ1) is 11.5. The van der Waals surface area contributed by atoms with Crippen LogP contribution < -0.4 is 14.8 Å². The summed E-state index contributed by atoms with van der Waals surface area (Å²) in [5, 5.41) is 2.84. The SMILES string of the molecule is C=CCOc1cccc(NC(=O)C(C)Oc2cc(C)ccc2C)c1. The highest BCUT2D eigenvalue weighted by molar-refractivity contribution is 5.94. The van der Waals surface area contributed by atoms with Crippen LogP contribution in [0.1, 0.15) is 18.1 Å². The smallest absolute Gasteiger partial charge is 0.265 e. The fraction of sp³-hybridized carbons (Fsp3) is 0.250. The van der Waals surface area contributed by atoms with E-state index in [0.717, 1.165) is 16.9 Å². The lowest BCUT2D eigenvalue weighted by Gasteiger charge is -2.17. The summed E-state index contributed by atoms with van der Waals surface area (Å²) in [6.07, 6.45) is 1.06. The van der Waals surface area contributed by atoms with Gasteiger partial charge in [-0.3, -0.25) is 4.79 Å². The summed E-state index contributed by atoms with van der Waals surface area (Å²) >= 11 is 0. The van der Waals surface area contributed by atoms with Gasteiger partial charge < -0.3 is 14.8 Å². The molecule has 0 aromatic heterocycles. The molecule has 4 heteroatoms. The molecule has 2 aromatic rings. The van der Waals surface area contributed by atoms with E-state index in [9.17, 15) is 4.79 Å². The Morgan fingerprint density at radius 2 is 2.04 bits per heavy atom. The second-order valence-electron chi connectivity index (χ2n) is 5.65. The average Bonchev–Trinajstić information content (AvgIpc) is 2.56. The highest BCUT2D eigenvalue weighted by atomic mass is 16.5. The van der Waals surface area contributed by atoms with Crippen LogP contribution in [-0.4, -0.2) is 18.6 Å². The van der Waals surface area contributed by atoms with Crippen molar-refractivity contribution in [1.29, 1.82) is 0 Å². The Morgan fingerprint density at radius 3 is 2.79 bits per heavy atom. The predicted molar refractivity (Wildman–Crippen MR) is 96.8 cm³/mol. The number of hydrogen-bond donors (Lipinski definition) is 1. The Hall–Kier alpha value is -2.75. The fourth-order valence-electron chi connectivity index (χ4n) is 2.14. The van der Waals surface area contributed by atoms with E-state index in [1.807, 2.05) is 50.2 Å². The van der Waals surface area contributed by atoms with Crippen molar-refractivity contribution < 1.29 is 14.3 Å². The Kier molecular flexibility index (Phi) is 6.01. The lowest BCUT2D eigenvalue weighted by molar-refractivity contribution is -0.122. The molecule has 0 saturated carbocycles. The lowest BCUT2D eigenvalue weighted by Crippen LogP contribution is -2.30. The standard InChI is InChI=1S/C20H23NO3/c1-5-11-23-18-8-6-7-17(13-18)21-20(22)16(4)24-19-12-14(2)9-10-15(19)3/h5-10,12-13,16H,1,11H2,2-4H3,(H,21,22). The van der Waals surface area contributed by atoms with Crippen molar-refractivity contribution in [3.05, 3.63) is 66.2 Å². The molecule has 1 N–H and O–H groups in total. The van der Waals surface area contributed by atoms with Crippen LogP contribution in [0, 0.1) is 13.8 Å². The van der Waals surface area contributed by atoms with Crippen LogP contribution in [0.15, 0.2) is 55.1 Å². The summed E-state index contributed by atoms with van der Waals surface area (Å²) < 4.78 is 11.3. The molecule has 0 saturated heterocycles. The van der Waals surface area contributed by atoms with Crippen LogP contribution in [0.2, 0.25) is 0 Å². The maximum absolute atomic E-state index is 12.3. The van der Waals surface area contributed by atoms with Crippen molar-refractivity contribution in [2.45, 2.75) is 26.9 Å². The molecule has 0 aliphatic rings. The number of hydrogen-bond acceptors (Lipinski definition) is 3. The highest BCUT2D eigenvalue weighted by Crippen LogP contribution is 2.21. The summed E-state index contributed by atoms with van der Waals surface area (Å²) in [7, 11) is 0. The zero-order valence-electron chi connectivity index (χ0n) is 14.3. The lowest BCUT2D eigenvalue weighted by atomic mass is 10.1. The summed E-state index contributed by atoms with van der Waals surface area (Å²) in [6.45, 7) is 9.71. The Bertz CT molecular complexity index is 725. The fourth-order valence-corrected chi connectivity index (χ4v) is 2.14. The van der Waals surface area contributed by atoms with Crippen molar-refractivity contribution in [3.8, 4) is 11.5 Å². The van der Waals surface area contributed by atoms with Crippen molar-refractivity contribution in [3.63, 3.8) is 0 Å². The third-order valence-corrected chi connectivity index (χ3v) is 3.49. The first-order valence-corrected chi connectivity index (χ1v) is 7.88. The molecule has 24 heavy (non-hydrogen) atoms. The van der Waals surface area contributed by atoms with Crippen molar-refractivity contribution in [2.75, 3.05) is 11.9 Å². The molecule has 0 aliphatic heterocycles. The topological polar surface area (TPSA) is 47.6 Å². The van der Waals surface area contributed by atoms with Gasteiger partial charge in [0.05, 0.1) is 0 Å². The van der Waals surface area contributed by atoms with Crippen LogP contribution in [-0.2, 0) is 4.79 Å². The summed E-state index contributed by atoms with van der Waals surface area (Å²) in [5.41, 5.74) is 2.76. The number of carbonyl (C=O) groups is 1. The monoisotopic (exact) mass is 325 g/mol. The van der Waals surface area contributed by atoms with E-state index in [2.05, 4.69) is 11.9 Å². The molecule has 2 rings (SSSR count). The minimum absolute atomic E-state index is 0.211. The average molecular weight is 325 g/mol. The van der Waals surface area contributed by atoms with Gasteiger partial charge in [-0.05, 0) is 50.1 Å². The zero-order chi connectivity index (χ0) is 17.5. The van der Waals surface area contributed by atoms with E-state index in [4.69, 9.17) is 9.47 Å². The number of benzene rings is 2. The van der Waals surface area contributed by atoms with E-state index in [-0.39, 0.29) is 5.91 Å². The van der Waals surface area contributed by atoms with E-state index in [1.165, 1.54) is 0 Å².